The van der Waals surface area contributed by atoms with Gasteiger partial charge in [0, 0.05) is 0 Å². The van der Waals surface area contributed by atoms with Crippen molar-refractivity contribution in [1.29, 1.82) is 0 Å². The summed E-state index contributed by atoms with van der Waals surface area (Å²) in [7, 11) is 0. The summed E-state index contributed by atoms with van der Waals surface area (Å²) in [6, 6.07) is 0. The highest BCUT2D eigenvalue weighted by molar-refractivity contribution is 5.85. The lowest BCUT2D eigenvalue weighted by Crippen LogP contribution is -2.23. The van der Waals surface area contributed by atoms with Gasteiger partial charge < -0.3 is 4.74 Å². The molecule has 2 heteroatoms. The third-order valence-corrected chi connectivity index (χ3v) is 1.87. The van der Waals surface area contributed by atoms with E-state index in [1.807, 2.05) is 13.0 Å². The first-order valence-corrected chi connectivity index (χ1v) is 3.91. The number of ether oxygens (including phenoxy) is 1. The van der Waals surface area contributed by atoms with Crippen LogP contribution in [0.4, 0.5) is 0 Å². The molecule has 0 bridgehead atoms. The lowest BCUT2D eigenvalue weighted by molar-refractivity contribution is 0.224. The molecule has 0 saturated heterocycles. The van der Waals surface area contributed by atoms with Crippen LogP contribution < -0.4 is 0 Å². The molecule has 0 radical (unpaired) electrons. The first-order valence-electron chi connectivity index (χ1n) is 3.91. The van der Waals surface area contributed by atoms with Gasteiger partial charge >= 0.3 is 0 Å². The second kappa shape index (κ2) is 2.68. The fraction of sp³-hybridized carbons (Fsp3) is 0.667. The van der Waals surface area contributed by atoms with Gasteiger partial charge in [0.15, 0.2) is 5.90 Å². The molecule has 1 aliphatic rings. The Bertz CT molecular complexity index is 194. The van der Waals surface area contributed by atoms with Crippen LogP contribution in [-0.4, -0.2) is 18.5 Å². The molecule has 0 saturated carbocycles. The number of hydrogen-bond donors (Lipinski definition) is 0. The second-order valence-corrected chi connectivity index (χ2v) is 3.50. The van der Waals surface area contributed by atoms with Gasteiger partial charge in [0.1, 0.15) is 6.10 Å². The smallest absolute Gasteiger partial charge is 0.193 e. The molecule has 0 fully saturated rings. The van der Waals surface area contributed by atoms with Crippen molar-refractivity contribution in [3.05, 3.63) is 12.7 Å². The summed E-state index contributed by atoms with van der Waals surface area (Å²) in [5.74, 6) is 0.819. The molecule has 1 rings (SSSR count). The Kier molecular flexibility index (Phi) is 2.03. The quantitative estimate of drug-likeness (QED) is 0.556. The summed E-state index contributed by atoms with van der Waals surface area (Å²) < 4.78 is 5.50. The highest BCUT2D eigenvalue weighted by atomic mass is 16.5. The third-order valence-electron chi connectivity index (χ3n) is 1.87. The average Bonchev–Trinajstić information content (AvgIpc) is 2.36. The molecule has 0 aromatic heterocycles. The van der Waals surface area contributed by atoms with Crippen LogP contribution in [0.3, 0.4) is 0 Å². The van der Waals surface area contributed by atoms with Gasteiger partial charge in [-0.2, -0.15) is 0 Å². The van der Waals surface area contributed by atoms with Gasteiger partial charge in [-0.25, -0.2) is 0 Å². The summed E-state index contributed by atoms with van der Waals surface area (Å²) in [5.41, 5.74) is -0.106. The predicted molar refractivity (Wildman–Crippen MR) is 46.8 cm³/mol. The van der Waals surface area contributed by atoms with Crippen LogP contribution in [0.25, 0.3) is 0 Å². The molecule has 1 aliphatic heterocycles. The van der Waals surface area contributed by atoms with Gasteiger partial charge in [-0.1, -0.05) is 6.08 Å². The van der Waals surface area contributed by atoms with E-state index >= 15 is 0 Å². The fourth-order valence-electron chi connectivity index (χ4n) is 0.920. The van der Waals surface area contributed by atoms with E-state index in [2.05, 4.69) is 25.4 Å². The van der Waals surface area contributed by atoms with Crippen molar-refractivity contribution in [2.75, 3.05) is 6.54 Å². The second-order valence-electron chi connectivity index (χ2n) is 3.50. The van der Waals surface area contributed by atoms with Crippen LogP contribution >= 0.6 is 0 Å². The van der Waals surface area contributed by atoms with Crippen molar-refractivity contribution in [3.8, 4) is 0 Å². The van der Waals surface area contributed by atoms with Crippen LogP contribution in [0.15, 0.2) is 17.6 Å². The molecule has 1 unspecified atom stereocenters. The van der Waals surface area contributed by atoms with Crippen molar-refractivity contribution >= 4 is 5.90 Å². The van der Waals surface area contributed by atoms with E-state index in [1.165, 1.54) is 0 Å². The van der Waals surface area contributed by atoms with Crippen LogP contribution in [0.1, 0.15) is 20.8 Å². The monoisotopic (exact) mass is 153 g/mol. The Labute approximate surface area is 68.0 Å². The van der Waals surface area contributed by atoms with Crippen molar-refractivity contribution < 1.29 is 4.74 Å². The minimum Gasteiger partial charge on any atom is -0.475 e. The minimum absolute atomic E-state index is 0.106. The van der Waals surface area contributed by atoms with Crippen LogP contribution in [0, 0.1) is 5.41 Å². The summed E-state index contributed by atoms with van der Waals surface area (Å²) >= 11 is 0. The molecular weight excluding hydrogens is 138 g/mol. The maximum absolute atomic E-state index is 5.50. The van der Waals surface area contributed by atoms with Crippen molar-refractivity contribution in [2.45, 2.75) is 26.9 Å². The molecule has 1 atom stereocenters. The highest BCUT2D eigenvalue weighted by Gasteiger charge is 2.28. The summed E-state index contributed by atoms with van der Waals surface area (Å²) in [6.45, 7) is 10.7. The fourth-order valence-corrected chi connectivity index (χ4v) is 0.920. The molecule has 11 heavy (non-hydrogen) atoms. The maximum atomic E-state index is 5.50. The zero-order valence-corrected chi connectivity index (χ0v) is 7.42. The Balaban J connectivity index is 2.69. The first kappa shape index (κ1) is 8.31. The van der Waals surface area contributed by atoms with Gasteiger partial charge in [-0.15, -0.1) is 6.58 Å². The Morgan fingerprint density at radius 1 is 1.73 bits per heavy atom. The third kappa shape index (κ3) is 1.62. The van der Waals surface area contributed by atoms with E-state index in [1.54, 1.807) is 0 Å². The van der Waals surface area contributed by atoms with E-state index in [0.29, 0.717) is 0 Å². The largest absolute Gasteiger partial charge is 0.475 e. The summed E-state index contributed by atoms with van der Waals surface area (Å²) in [5, 5.41) is 0. The summed E-state index contributed by atoms with van der Waals surface area (Å²) in [6.07, 6.45) is 2.10. The Hall–Kier alpha value is -0.790. The minimum atomic E-state index is -0.106. The van der Waals surface area contributed by atoms with Crippen molar-refractivity contribution in [2.24, 2.45) is 10.4 Å². The molecule has 1 heterocycles. The number of nitrogens with zero attached hydrogens (tertiary/aromatic N) is 1. The molecule has 0 amide bonds. The predicted octanol–water partition coefficient (Wildman–Crippen LogP) is 2.02. The number of hydrogen-bond acceptors (Lipinski definition) is 2. The molecule has 62 valence electrons. The normalized spacial score (nSPS) is 24.3. The Morgan fingerprint density at radius 2 is 2.36 bits per heavy atom. The Morgan fingerprint density at radius 3 is 2.73 bits per heavy atom. The highest BCUT2D eigenvalue weighted by Crippen LogP contribution is 2.23. The first-order chi connectivity index (χ1) is 5.06. The lowest BCUT2D eigenvalue weighted by atomic mass is 9.94. The maximum Gasteiger partial charge on any atom is 0.193 e. The van der Waals surface area contributed by atoms with Gasteiger partial charge in [-0.3, -0.25) is 4.99 Å². The average molecular weight is 153 g/mol. The SMILES string of the molecule is C=CC(C)(C)C1=NCC(C)O1. The van der Waals surface area contributed by atoms with Gasteiger partial charge in [0.2, 0.25) is 0 Å². The van der Waals surface area contributed by atoms with Crippen molar-refractivity contribution in [3.63, 3.8) is 0 Å². The zero-order valence-electron chi connectivity index (χ0n) is 7.42. The van der Waals surface area contributed by atoms with Crippen LogP contribution in [-0.2, 0) is 4.74 Å². The van der Waals surface area contributed by atoms with Gasteiger partial charge in [0.05, 0.1) is 12.0 Å². The topological polar surface area (TPSA) is 21.6 Å². The molecule has 2 nitrogen and oxygen atoms in total. The number of aliphatic imine (C=N–C) groups is 1. The molecule has 0 aromatic carbocycles. The number of rotatable bonds is 2. The molecule has 0 aliphatic carbocycles. The lowest BCUT2D eigenvalue weighted by Gasteiger charge is -2.19. The standard InChI is InChI=1S/C9H15NO/c1-5-9(3,4)8-10-6-7(2)11-8/h5,7H,1,6H2,2-4H3. The van der Waals surface area contributed by atoms with E-state index in [9.17, 15) is 0 Å². The molecule has 0 spiro atoms. The van der Waals surface area contributed by atoms with E-state index in [4.69, 9.17) is 4.74 Å². The molecular formula is C9H15NO. The zero-order chi connectivity index (χ0) is 8.48. The van der Waals surface area contributed by atoms with Crippen molar-refractivity contribution in [1.82, 2.24) is 0 Å². The van der Waals surface area contributed by atoms with Crippen LogP contribution in [0.5, 0.6) is 0 Å². The van der Waals surface area contributed by atoms with Gasteiger partial charge in [0.25, 0.3) is 0 Å². The summed E-state index contributed by atoms with van der Waals surface area (Å²) in [4.78, 5) is 4.28. The van der Waals surface area contributed by atoms with Crippen LogP contribution in [0.2, 0.25) is 0 Å². The molecule has 0 aromatic rings. The van der Waals surface area contributed by atoms with E-state index in [0.717, 1.165) is 12.4 Å². The van der Waals surface area contributed by atoms with Gasteiger partial charge in [-0.05, 0) is 20.8 Å². The van der Waals surface area contributed by atoms with E-state index in [-0.39, 0.29) is 11.5 Å². The molecule has 0 N–H and O–H groups in total. The van der Waals surface area contributed by atoms with E-state index < -0.39 is 0 Å².